The van der Waals surface area contributed by atoms with E-state index < -0.39 is 0 Å². The maximum Gasteiger partial charge on any atom is 0.0558 e. The SMILES string of the molecule is CC1CCCCC1N(CCO)CC1CCCN1. The predicted octanol–water partition coefficient (Wildman–Crippen LogP) is 1.61. The third-order valence-electron chi connectivity index (χ3n) is 4.54. The van der Waals surface area contributed by atoms with Gasteiger partial charge in [0.2, 0.25) is 0 Å². The highest BCUT2D eigenvalue weighted by molar-refractivity contribution is 4.85. The monoisotopic (exact) mass is 240 g/mol. The lowest BCUT2D eigenvalue weighted by molar-refractivity contribution is 0.0828. The van der Waals surface area contributed by atoms with E-state index in [1.165, 1.54) is 45.1 Å². The summed E-state index contributed by atoms with van der Waals surface area (Å²) in [6.45, 7) is 5.85. The summed E-state index contributed by atoms with van der Waals surface area (Å²) < 4.78 is 0. The summed E-state index contributed by atoms with van der Waals surface area (Å²) in [5, 5.41) is 12.8. The van der Waals surface area contributed by atoms with Crippen LogP contribution in [0.5, 0.6) is 0 Å². The standard InChI is InChI=1S/C14H28N2O/c1-12-5-2-3-7-14(12)16(9-10-17)11-13-6-4-8-15-13/h12-15,17H,2-11H2,1H3. The second kappa shape index (κ2) is 6.72. The van der Waals surface area contributed by atoms with E-state index in [4.69, 9.17) is 0 Å². The highest BCUT2D eigenvalue weighted by atomic mass is 16.3. The zero-order valence-corrected chi connectivity index (χ0v) is 11.2. The molecule has 2 N–H and O–H groups in total. The number of nitrogens with one attached hydrogen (secondary N) is 1. The quantitative estimate of drug-likeness (QED) is 0.766. The number of hydrogen-bond acceptors (Lipinski definition) is 3. The van der Waals surface area contributed by atoms with Crippen LogP contribution in [0.15, 0.2) is 0 Å². The molecule has 2 rings (SSSR count). The molecule has 0 spiro atoms. The number of aliphatic hydroxyl groups excluding tert-OH is 1. The molecule has 3 nitrogen and oxygen atoms in total. The highest BCUT2D eigenvalue weighted by Crippen LogP contribution is 2.28. The average molecular weight is 240 g/mol. The van der Waals surface area contributed by atoms with Gasteiger partial charge in [-0.25, -0.2) is 0 Å². The van der Waals surface area contributed by atoms with Crippen LogP contribution in [0.4, 0.5) is 0 Å². The molecule has 1 aliphatic carbocycles. The van der Waals surface area contributed by atoms with Gasteiger partial charge < -0.3 is 10.4 Å². The van der Waals surface area contributed by atoms with Crippen LogP contribution < -0.4 is 5.32 Å². The van der Waals surface area contributed by atoms with Crippen molar-refractivity contribution in [3.8, 4) is 0 Å². The van der Waals surface area contributed by atoms with Crippen LogP contribution in [0, 0.1) is 5.92 Å². The van der Waals surface area contributed by atoms with Crippen molar-refractivity contribution in [2.75, 3.05) is 26.2 Å². The summed E-state index contributed by atoms with van der Waals surface area (Å²) in [4.78, 5) is 2.55. The van der Waals surface area contributed by atoms with Crippen molar-refractivity contribution >= 4 is 0 Å². The van der Waals surface area contributed by atoms with Crippen LogP contribution in [-0.4, -0.2) is 48.3 Å². The zero-order valence-electron chi connectivity index (χ0n) is 11.2. The number of aliphatic hydroxyl groups is 1. The summed E-state index contributed by atoms with van der Waals surface area (Å²) in [5.74, 6) is 0.803. The van der Waals surface area contributed by atoms with Crippen LogP contribution in [-0.2, 0) is 0 Å². The van der Waals surface area contributed by atoms with Gasteiger partial charge in [-0.2, -0.15) is 0 Å². The van der Waals surface area contributed by atoms with E-state index >= 15 is 0 Å². The van der Waals surface area contributed by atoms with Crippen LogP contribution in [0.1, 0.15) is 45.4 Å². The van der Waals surface area contributed by atoms with Crippen molar-refractivity contribution < 1.29 is 5.11 Å². The van der Waals surface area contributed by atoms with Crippen molar-refractivity contribution in [2.45, 2.75) is 57.5 Å². The minimum Gasteiger partial charge on any atom is -0.395 e. The fourth-order valence-corrected chi connectivity index (χ4v) is 3.56. The first-order valence-electron chi connectivity index (χ1n) is 7.39. The van der Waals surface area contributed by atoms with E-state index in [2.05, 4.69) is 17.1 Å². The lowest BCUT2D eigenvalue weighted by atomic mass is 9.84. The Hall–Kier alpha value is -0.120. The molecule has 1 saturated heterocycles. The smallest absolute Gasteiger partial charge is 0.0558 e. The molecular weight excluding hydrogens is 212 g/mol. The summed E-state index contributed by atoms with van der Waals surface area (Å²) >= 11 is 0. The van der Waals surface area contributed by atoms with Gasteiger partial charge in [-0.3, -0.25) is 4.90 Å². The molecule has 3 unspecified atom stereocenters. The lowest BCUT2D eigenvalue weighted by Crippen LogP contribution is -2.48. The maximum absolute atomic E-state index is 9.27. The highest BCUT2D eigenvalue weighted by Gasteiger charge is 2.29. The molecule has 3 atom stereocenters. The number of rotatable bonds is 5. The lowest BCUT2D eigenvalue weighted by Gasteiger charge is -2.39. The second-order valence-corrected chi connectivity index (χ2v) is 5.84. The van der Waals surface area contributed by atoms with Gasteiger partial charge in [0.05, 0.1) is 6.61 Å². The number of nitrogens with zero attached hydrogens (tertiary/aromatic N) is 1. The van der Waals surface area contributed by atoms with E-state index in [1.54, 1.807) is 0 Å². The molecule has 1 saturated carbocycles. The minimum absolute atomic E-state index is 0.302. The Morgan fingerprint density at radius 3 is 2.65 bits per heavy atom. The molecule has 0 aromatic rings. The molecule has 1 heterocycles. The third kappa shape index (κ3) is 3.67. The van der Waals surface area contributed by atoms with E-state index in [1.807, 2.05) is 0 Å². The molecule has 0 aromatic carbocycles. The van der Waals surface area contributed by atoms with E-state index in [0.717, 1.165) is 19.0 Å². The maximum atomic E-state index is 9.27. The van der Waals surface area contributed by atoms with Gasteiger partial charge in [-0.05, 0) is 38.1 Å². The molecule has 0 aromatic heterocycles. The first-order chi connectivity index (χ1) is 8.31. The molecule has 100 valence electrons. The topological polar surface area (TPSA) is 35.5 Å². The molecule has 2 aliphatic rings. The van der Waals surface area contributed by atoms with Gasteiger partial charge in [0.25, 0.3) is 0 Å². The fourth-order valence-electron chi connectivity index (χ4n) is 3.56. The molecule has 3 heteroatoms. The molecule has 2 fully saturated rings. The number of hydrogen-bond donors (Lipinski definition) is 2. The average Bonchev–Trinajstić information content (AvgIpc) is 2.82. The van der Waals surface area contributed by atoms with E-state index in [9.17, 15) is 5.11 Å². The van der Waals surface area contributed by atoms with Crippen molar-refractivity contribution in [3.05, 3.63) is 0 Å². The van der Waals surface area contributed by atoms with Crippen LogP contribution in [0.2, 0.25) is 0 Å². The van der Waals surface area contributed by atoms with Crippen molar-refractivity contribution in [3.63, 3.8) is 0 Å². The normalized spacial score (nSPS) is 34.4. The van der Waals surface area contributed by atoms with Gasteiger partial charge in [-0.1, -0.05) is 19.8 Å². The van der Waals surface area contributed by atoms with Gasteiger partial charge >= 0.3 is 0 Å². The molecule has 0 amide bonds. The summed E-state index contributed by atoms with van der Waals surface area (Å²) in [6, 6.07) is 1.37. The van der Waals surface area contributed by atoms with Gasteiger partial charge in [0.1, 0.15) is 0 Å². The Labute approximate surface area is 106 Å². The van der Waals surface area contributed by atoms with Gasteiger partial charge in [0, 0.05) is 25.2 Å². The molecule has 0 radical (unpaired) electrons. The van der Waals surface area contributed by atoms with E-state index in [-0.39, 0.29) is 0 Å². The van der Waals surface area contributed by atoms with Crippen LogP contribution in [0.25, 0.3) is 0 Å². The molecule has 1 aliphatic heterocycles. The summed E-state index contributed by atoms with van der Waals surface area (Å²) in [5.41, 5.74) is 0. The zero-order chi connectivity index (χ0) is 12.1. The largest absolute Gasteiger partial charge is 0.395 e. The molecular formula is C14H28N2O. The Balaban J connectivity index is 1.89. The summed E-state index contributed by atoms with van der Waals surface area (Å²) in [7, 11) is 0. The van der Waals surface area contributed by atoms with Crippen LogP contribution in [0.3, 0.4) is 0 Å². The Morgan fingerprint density at radius 1 is 1.18 bits per heavy atom. The summed E-state index contributed by atoms with van der Waals surface area (Å²) in [6.07, 6.45) is 8.08. The fraction of sp³-hybridized carbons (Fsp3) is 1.00. The first-order valence-corrected chi connectivity index (χ1v) is 7.39. The van der Waals surface area contributed by atoms with Crippen molar-refractivity contribution in [1.29, 1.82) is 0 Å². The van der Waals surface area contributed by atoms with Crippen molar-refractivity contribution in [2.24, 2.45) is 5.92 Å². The van der Waals surface area contributed by atoms with Crippen LogP contribution >= 0.6 is 0 Å². The molecule has 17 heavy (non-hydrogen) atoms. The Bertz CT molecular complexity index is 216. The first kappa shape index (κ1) is 13.3. The third-order valence-corrected chi connectivity index (χ3v) is 4.54. The second-order valence-electron chi connectivity index (χ2n) is 5.84. The molecule has 0 bridgehead atoms. The van der Waals surface area contributed by atoms with Gasteiger partial charge in [-0.15, -0.1) is 0 Å². The van der Waals surface area contributed by atoms with Crippen molar-refractivity contribution in [1.82, 2.24) is 10.2 Å². The predicted molar refractivity (Wildman–Crippen MR) is 71.1 cm³/mol. The Kier molecular flexibility index (Phi) is 5.26. The van der Waals surface area contributed by atoms with E-state index in [0.29, 0.717) is 18.7 Å². The Morgan fingerprint density at radius 2 is 2.00 bits per heavy atom. The minimum atomic E-state index is 0.302. The van der Waals surface area contributed by atoms with Gasteiger partial charge in [0.15, 0.2) is 0 Å².